The summed E-state index contributed by atoms with van der Waals surface area (Å²) in [6.45, 7) is 2.18. The Morgan fingerprint density at radius 3 is 2.82 bits per heavy atom. The number of nitrogens with two attached hydrogens (primary N) is 1. The van der Waals surface area contributed by atoms with Crippen molar-refractivity contribution < 1.29 is 5.11 Å². The first-order valence-corrected chi connectivity index (χ1v) is 6.83. The monoisotopic (exact) mass is 254 g/mol. The normalized spacial score (nSPS) is 15.0. The fourth-order valence-electron chi connectivity index (χ4n) is 1.55. The second-order valence-electron chi connectivity index (χ2n) is 4.20. The lowest BCUT2D eigenvalue weighted by Gasteiger charge is -2.11. The second-order valence-corrected chi connectivity index (χ2v) is 5.29. The first-order chi connectivity index (χ1) is 8.26. The zero-order chi connectivity index (χ0) is 12.3. The molecule has 0 amide bonds. The van der Waals surface area contributed by atoms with E-state index < -0.39 is 0 Å². The fraction of sp³-hybridized carbons (Fsp3) is 0.636. The molecule has 0 atom stereocenters. The highest BCUT2D eigenvalue weighted by Crippen LogP contribution is 2.39. The van der Waals surface area contributed by atoms with E-state index >= 15 is 0 Å². The number of nitrogens with one attached hydrogen (secondary N) is 1. The van der Waals surface area contributed by atoms with Crippen molar-refractivity contribution >= 4 is 17.6 Å². The van der Waals surface area contributed by atoms with Gasteiger partial charge in [-0.3, -0.25) is 0 Å². The third kappa shape index (κ3) is 3.08. The van der Waals surface area contributed by atoms with Crippen molar-refractivity contribution in [1.82, 2.24) is 9.97 Å². The van der Waals surface area contributed by atoms with E-state index in [1.807, 2.05) is 6.92 Å². The molecule has 1 aliphatic rings. The van der Waals surface area contributed by atoms with Crippen molar-refractivity contribution in [2.45, 2.75) is 37.1 Å². The first kappa shape index (κ1) is 12.6. The van der Waals surface area contributed by atoms with Crippen LogP contribution in [0.2, 0.25) is 0 Å². The van der Waals surface area contributed by atoms with Gasteiger partial charge in [-0.25, -0.2) is 15.8 Å². The topological polar surface area (TPSA) is 84.1 Å². The van der Waals surface area contributed by atoms with Crippen LogP contribution < -0.4 is 11.3 Å². The van der Waals surface area contributed by atoms with Gasteiger partial charge in [0.2, 0.25) is 0 Å². The highest BCUT2D eigenvalue weighted by atomic mass is 32.2. The first-order valence-electron chi connectivity index (χ1n) is 5.85. The molecule has 4 N–H and O–H groups in total. The zero-order valence-electron chi connectivity index (χ0n) is 9.94. The molecule has 1 heterocycles. The van der Waals surface area contributed by atoms with Crippen LogP contribution in [-0.2, 0) is 0 Å². The number of aliphatic hydroxyl groups excluding tert-OH is 1. The molecule has 1 fully saturated rings. The lowest BCUT2D eigenvalue weighted by atomic mass is 10.3. The number of nitrogen functional groups attached to an aromatic ring is 1. The Labute approximate surface area is 105 Å². The van der Waals surface area contributed by atoms with Crippen LogP contribution in [0.1, 0.15) is 36.6 Å². The van der Waals surface area contributed by atoms with Gasteiger partial charge in [0.25, 0.3) is 0 Å². The molecule has 94 valence electrons. The highest BCUT2D eigenvalue weighted by molar-refractivity contribution is 7.99. The molecule has 0 radical (unpaired) electrons. The summed E-state index contributed by atoms with van der Waals surface area (Å²) >= 11 is 1.65. The third-order valence-corrected chi connectivity index (χ3v) is 3.90. The molecule has 5 nitrogen and oxygen atoms in total. The Hall–Kier alpha value is -0.850. The Morgan fingerprint density at radius 1 is 1.47 bits per heavy atom. The van der Waals surface area contributed by atoms with Crippen LogP contribution >= 0.6 is 11.8 Å². The maximum atomic E-state index is 8.79. The number of hydrogen-bond donors (Lipinski definition) is 3. The van der Waals surface area contributed by atoms with Gasteiger partial charge in [-0.05, 0) is 26.2 Å². The number of hydrogen-bond acceptors (Lipinski definition) is 6. The van der Waals surface area contributed by atoms with Crippen molar-refractivity contribution in [1.29, 1.82) is 0 Å². The number of thioether (sulfide) groups is 1. The highest BCUT2D eigenvalue weighted by Gasteiger charge is 2.28. The SMILES string of the molecule is Cc1c(NN)nc(C2CC2)nc1SCCCO. The summed E-state index contributed by atoms with van der Waals surface area (Å²) in [5.74, 6) is 8.47. The smallest absolute Gasteiger partial charge is 0.147 e. The van der Waals surface area contributed by atoms with Crippen LogP contribution in [0.25, 0.3) is 0 Å². The predicted octanol–water partition coefficient (Wildman–Crippen LogP) is 1.42. The Bertz CT molecular complexity index is 395. The van der Waals surface area contributed by atoms with Gasteiger partial charge in [-0.2, -0.15) is 0 Å². The maximum absolute atomic E-state index is 8.79. The quantitative estimate of drug-likeness (QED) is 0.234. The van der Waals surface area contributed by atoms with Crippen molar-refractivity contribution in [2.75, 3.05) is 17.8 Å². The number of rotatable bonds is 6. The number of aromatic nitrogens is 2. The van der Waals surface area contributed by atoms with Crippen molar-refractivity contribution in [3.05, 3.63) is 11.4 Å². The molecule has 0 bridgehead atoms. The lowest BCUT2D eigenvalue weighted by molar-refractivity contribution is 0.296. The van der Waals surface area contributed by atoms with E-state index in [-0.39, 0.29) is 6.61 Å². The van der Waals surface area contributed by atoms with Crippen molar-refractivity contribution in [3.8, 4) is 0 Å². The summed E-state index contributed by atoms with van der Waals surface area (Å²) in [7, 11) is 0. The second kappa shape index (κ2) is 5.66. The molecule has 17 heavy (non-hydrogen) atoms. The van der Waals surface area contributed by atoms with E-state index in [4.69, 9.17) is 10.9 Å². The van der Waals surface area contributed by atoms with Crippen LogP contribution in [0.3, 0.4) is 0 Å². The van der Waals surface area contributed by atoms with Gasteiger partial charge in [-0.15, -0.1) is 11.8 Å². The molecule has 2 rings (SSSR count). The number of hydrazine groups is 1. The molecule has 6 heteroatoms. The minimum Gasteiger partial charge on any atom is -0.396 e. The molecule has 0 unspecified atom stereocenters. The van der Waals surface area contributed by atoms with Crippen LogP contribution in [0.4, 0.5) is 5.82 Å². The van der Waals surface area contributed by atoms with Crippen LogP contribution in [-0.4, -0.2) is 27.4 Å². The predicted molar refractivity (Wildman–Crippen MR) is 69.0 cm³/mol. The van der Waals surface area contributed by atoms with Gasteiger partial charge in [0.15, 0.2) is 0 Å². The van der Waals surface area contributed by atoms with Gasteiger partial charge < -0.3 is 10.5 Å². The molecule has 0 saturated heterocycles. The number of anilines is 1. The summed E-state index contributed by atoms with van der Waals surface area (Å²) < 4.78 is 0. The zero-order valence-corrected chi connectivity index (χ0v) is 10.8. The van der Waals surface area contributed by atoms with Crippen molar-refractivity contribution in [2.24, 2.45) is 5.84 Å². The molecule has 1 aromatic heterocycles. The Kier molecular flexibility index (Phi) is 4.20. The Morgan fingerprint density at radius 2 is 2.24 bits per heavy atom. The summed E-state index contributed by atoms with van der Waals surface area (Å²) in [5.41, 5.74) is 3.62. The van der Waals surface area contributed by atoms with Gasteiger partial charge in [-0.1, -0.05) is 0 Å². The molecule has 0 aromatic carbocycles. The van der Waals surface area contributed by atoms with E-state index in [9.17, 15) is 0 Å². The fourth-order valence-corrected chi connectivity index (χ4v) is 2.49. The van der Waals surface area contributed by atoms with Crippen molar-refractivity contribution in [3.63, 3.8) is 0 Å². The maximum Gasteiger partial charge on any atom is 0.147 e. The Balaban J connectivity index is 2.18. The summed E-state index contributed by atoms with van der Waals surface area (Å²) in [5, 5.41) is 9.76. The van der Waals surface area contributed by atoms with Crippen LogP contribution in [0.5, 0.6) is 0 Å². The van der Waals surface area contributed by atoms with E-state index in [0.717, 1.165) is 28.6 Å². The molecule has 1 aromatic rings. The lowest BCUT2D eigenvalue weighted by Crippen LogP contribution is -2.13. The van der Waals surface area contributed by atoms with E-state index in [1.165, 1.54) is 12.8 Å². The average molecular weight is 254 g/mol. The molecule has 1 saturated carbocycles. The average Bonchev–Trinajstić information content (AvgIpc) is 3.15. The van der Waals surface area contributed by atoms with Gasteiger partial charge >= 0.3 is 0 Å². The van der Waals surface area contributed by atoms with Gasteiger partial charge in [0, 0.05) is 23.8 Å². The molecule has 1 aliphatic carbocycles. The summed E-state index contributed by atoms with van der Waals surface area (Å²) in [6, 6.07) is 0. The molecule has 0 aliphatic heterocycles. The van der Waals surface area contributed by atoms with E-state index in [2.05, 4.69) is 15.4 Å². The summed E-state index contributed by atoms with van der Waals surface area (Å²) in [4.78, 5) is 9.02. The standard InChI is InChI=1S/C11H18N4OS/c1-7-9(15-12)13-10(8-3-4-8)14-11(7)17-6-2-5-16/h8,16H,2-6,12H2,1H3,(H,13,14,15). The minimum atomic E-state index is 0.217. The molecular formula is C11H18N4OS. The van der Waals surface area contributed by atoms with Crippen LogP contribution in [0.15, 0.2) is 5.03 Å². The summed E-state index contributed by atoms with van der Waals surface area (Å²) in [6.07, 6.45) is 3.12. The number of aliphatic hydroxyl groups is 1. The van der Waals surface area contributed by atoms with Crippen LogP contribution in [0, 0.1) is 6.92 Å². The minimum absolute atomic E-state index is 0.217. The van der Waals surface area contributed by atoms with Gasteiger partial charge in [0.1, 0.15) is 16.7 Å². The molecular weight excluding hydrogens is 236 g/mol. The largest absolute Gasteiger partial charge is 0.396 e. The van der Waals surface area contributed by atoms with E-state index in [0.29, 0.717) is 11.7 Å². The van der Waals surface area contributed by atoms with Gasteiger partial charge in [0.05, 0.1) is 0 Å². The third-order valence-electron chi connectivity index (χ3n) is 2.74. The number of nitrogens with zero attached hydrogens (tertiary/aromatic N) is 2. The molecule has 0 spiro atoms. The van der Waals surface area contributed by atoms with E-state index in [1.54, 1.807) is 11.8 Å².